The summed E-state index contributed by atoms with van der Waals surface area (Å²) in [6, 6.07) is 21.7. The van der Waals surface area contributed by atoms with Crippen LogP contribution in [0, 0.1) is 7.14 Å². The third kappa shape index (κ3) is 5.52. The van der Waals surface area contributed by atoms with Crippen molar-refractivity contribution >= 4 is 107 Å². The van der Waals surface area contributed by atoms with Crippen molar-refractivity contribution < 1.29 is 9.53 Å². The first-order valence-corrected chi connectivity index (χ1v) is 13.3. The number of carbonyl (C=O) groups excluding carboxylic acids is 1. The molecule has 1 aliphatic rings. The number of benzene rings is 3. The van der Waals surface area contributed by atoms with E-state index >= 15 is 0 Å². The van der Waals surface area contributed by atoms with Gasteiger partial charge in [0.05, 0.1) is 17.7 Å². The van der Waals surface area contributed by atoms with Crippen LogP contribution in [0.2, 0.25) is 0 Å². The first-order valence-electron chi connectivity index (χ1n) is 9.11. The molecule has 8 heteroatoms. The predicted octanol–water partition coefficient (Wildman–Crippen LogP) is 7.64. The van der Waals surface area contributed by atoms with Gasteiger partial charge in [-0.1, -0.05) is 76.3 Å². The van der Waals surface area contributed by atoms with Crippen molar-refractivity contribution in [1.82, 2.24) is 0 Å². The zero-order chi connectivity index (χ0) is 22.0. The Kier molecular flexibility index (Phi) is 7.73. The van der Waals surface area contributed by atoms with Crippen molar-refractivity contribution in [1.29, 1.82) is 0 Å². The molecule has 4 rings (SSSR count). The third-order valence-corrected chi connectivity index (χ3v) is 7.80. The minimum absolute atomic E-state index is 0.109. The molecular weight excluding hydrogens is 720 g/mol. The van der Waals surface area contributed by atoms with Gasteiger partial charge in [0, 0.05) is 4.47 Å². The molecule has 156 valence electrons. The topological polar surface area (TPSA) is 29.5 Å². The number of rotatable bonds is 5. The summed E-state index contributed by atoms with van der Waals surface area (Å²) in [6.45, 7) is 0.511. The van der Waals surface area contributed by atoms with E-state index in [2.05, 4.69) is 61.1 Å². The van der Waals surface area contributed by atoms with Crippen LogP contribution in [0.3, 0.4) is 0 Å². The standard InChI is InChI=1S/C23H14BrI2NO2S2/c24-16-7-4-8-17(12-16)27-22(28)20(31-23(27)30)11-15-9-18(25)21(19(26)10-15)29-13-14-5-2-1-3-6-14/h1-12H,13H2/b20-11+. The van der Waals surface area contributed by atoms with Crippen LogP contribution in [-0.4, -0.2) is 10.2 Å². The fourth-order valence-electron chi connectivity index (χ4n) is 2.99. The lowest BCUT2D eigenvalue weighted by Gasteiger charge is -2.14. The fraction of sp³-hybridized carbons (Fsp3) is 0.0435. The monoisotopic (exact) mass is 733 g/mol. The minimum Gasteiger partial charge on any atom is -0.487 e. The molecule has 1 amide bonds. The molecular formula is C23H14BrI2NO2S2. The zero-order valence-corrected chi connectivity index (χ0v) is 23.4. The molecule has 0 bridgehead atoms. The summed E-state index contributed by atoms with van der Waals surface area (Å²) >= 11 is 14.8. The van der Waals surface area contributed by atoms with Crippen LogP contribution in [0.5, 0.6) is 5.75 Å². The van der Waals surface area contributed by atoms with Gasteiger partial charge in [-0.25, -0.2) is 0 Å². The van der Waals surface area contributed by atoms with Gasteiger partial charge < -0.3 is 4.74 Å². The first kappa shape index (κ1) is 23.2. The molecule has 1 aliphatic heterocycles. The predicted molar refractivity (Wildman–Crippen MR) is 152 cm³/mol. The lowest BCUT2D eigenvalue weighted by Crippen LogP contribution is -2.27. The molecule has 1 heterocycles. The average Bonchev–Trinajstić information content (AvgIpc) is 3.01. The molecule has 3 aromatic rings. The van der Waals surface area contributed by atoms with Crippen LogP contribution in [-0.2, 0) is 11.4 Å². The number of nitrogens with zero attached hydrogens (tertiary/aromatic N) is 1. The van der Waals surface area contributed by atoms with Crippen LogP contribution in [0.4, 0.5) is 5.69 Å². The van der Waals surface area contributed by atoms with E-state index in [1.54, 1.807) is 4.90 Å². The van der Waals surface area contributed by atoms with Gasteiger partial charge in [-0.05, 0) is 92.7 Å². The number of halogens is 3. The summed E-state index contributed by atoms with van der Waals surface area (Å²) in [4.78, 5) is 15.2. The lowest BCUT2D eigenvalue weighted by molar-refractivity contribution is -0.113. The molecule has 1 saturated heterocycles. The van der Waals surface area contributed by atoms with E-state index in [0.29, 0.717) is 15.8 Å². The minimum atomic E-state index is -0.109. The average molecular weight is 734 g/mol. The van der Waals surface area contributed by atoms with Crippen LogP contribution < -0.4 is 9.64 Å². The van der Waals surface area contributed by atoms with E-state index in [0.717, 1.165) is 34.2 Å². The Bertz CT molecular complexity index is 1180. The number of thioether (sulfide) groups is 1. The zero-order valence-electron chi connectivity index (χ0n) is 15.8. The Balaban J connectivity index is 1.56. The third-order valence-electron chi connectivity index (χ3n) is 4.40. The van der Waals surface area contributed by atoms with E-state index in [4.69, 9.17) is 17.0 Å². The number of thiocarbonyl (C=S) groups is 1. The van der Waals surface area contributed by atoms with Crippen LogP contribution in [0.15, 0.2) is 76.1 Å². The van der Waals surface area contributed by atoms with Gasteiger partial charge in [-0.15, -0.1) is 0 Å². The molecule has 0 saturated carbocycles. The Morgan fingerprint density at radius 2 is 1.74 bits per heavy atom. The van der Waals surface area contributed by atoms with Gasteiger partial charge in [0.1, 0.15) is 12.4 Å². The second-order valence-electron chi connectivity index (χ2n) is 6.58. The second-order valence-corrected chi connectivity index (χ2v) is 11.5. The number of amides is 1. The van der Waals surface area contributed by atoms with Gasteiger partial charge >= 0.3 is 0 Å². The Morgan fingerprint density at radius 1 is 1.03 bits per heavy atom. The van der Waals surface area contributed by atoms with Crippen molar-refractivity contribution in [3.63, 3.8) is 0 Å². The van der Waals surface area contributed by atoms with Crippen molar-refractivity contribution in [2.45, 2.75) is 6.61 Å². The SMILES string of the molecule is O=C1/C(=C\c2cc(I)c(OCc3ccccc3)c(I)c2)SC(=S)N1c1cccc(Br)c1. The Hall–Kier alpha value is -0.950. The number of carbonyl (C=O) groups is 1. The molecule has 3 nitrogen and oxygen atoms in total. The summed E-state index contributed by atoms with van der Waals surface area (Å²) in [6.07, 6.45) is 1.89. The molecule has 0 atom stereocenters. The fourth-order valence-corrected chi connectivity index (χ4v) is 6.80. The molecule has 31 heavy (non-hydrogen) atoms. The number of ether oxygens (including phenoxy) is 1. The second kappa shape index (κ2) is 10.3. The van der Waals surface area contributed by atoms with Crippen molar-refractivity contribution in [3.05, 3.63) is 94.4 Å². The van der Waals surface area contributed by atoms with Gasteiger partial charge in [-0.3, -0.25) is 9.69 Å². The van der Waals surface area contributed by atoms with E-state index in [-0.39, 0.29) is 5.91 Å². The molecule has 0 aromatic heterocycles. The molecule has 1 fully saturated rings. The smallest absolute Gasteiger partial charge is 0.270 e. The highest BCUT2D eigenvalue weighted by molar-refractivity contribution is 14.1. The van der Waals surface area contributed by atoms with Crippen LogP contribution >= 0.6 is 85.1 Å². The van der Waals surface area contributed by atoms with Gasteiger partial charge in [0.25, 0.3) is 5.91 Å². The maximum atomic E-state index is 13.0. The molecule has 0 unspecified atom stereocenters. The maximum Gasteiger partial charge on any atom is 0.270 e. The molecule has 0 spiro atoms. The first-order chi connectivity index (χ1) is 14.9. The van der Waals surface area contributed by atoms with E-state index in [1.165, 1.54) is 11.8 Å². The molecule has 0 N–H and O–H groups in total. The summed E-state index contributed by atoms with van der Waals surface area (Å²) in [5, 5.41) is 0. The summed E-state index contributed by atoms with van der Waals surface area (Å²) in [7, 11) is 0. The highest BCUT2D eigenvalue weighted by Gasteiger charge is 2.33. The van der Waals surface area contributed by atoms with E-state index < -0.39 is 0 Å². The van der Waals surface area contributed by atoms with E-state index in [9.17, 15) is 4.79 Å². The Morgan fingerprint density at radius 3 is 2.42 bits per heavy atom. The lowest BCUT2D eigenvalue weighted by atomic mass is 10.2. The molecule has 3 aromatic carbocycles. The van der Waals surface area contributed by atoms with Crippen molar-refractivity contribution in [2.75, 3.05) is 4.90 Å². The summed E-state index contributed by atoms with van der Waals surface area (Å²) in [5.74, 6) is 0.742. The summed E-state index contributed by atoms with van der Waals surface area (Å²) in [5.41, 5.74) is 2.82. The quantitative estimate of drug-likeness (QED) is 0.153. The molecule has 0 radical (unpaired) electrons. The number of hydrogen-bond acceptors (Lipinski definition) is 4. The van der Waals surface area contributed by atoms with Crippen molar-refractivity contribution in [3.8, 4) is 5.75 Å². The maximum absolute atomic E-state index is 13.0. The number of hydrogen-bond donors (Lipinski definition) is 0. The van der Waals surface area contributed by atoms with Gasteiger partial charge in [0.2, 0.25) is 0 Å². The number of anilines is 1. The van der Waals surface area contributed by atoms with Gasteiger partial charge in [0.15, 0.2) is 4.32 Å². The largest absolute Gasteiger partial charge is 0.487 e. The van der Waals surface area contributed by atoms with E-state index in [1.807, 2.05) is 72.8 Å². The highest BCUT2D eigenvalue weighted by atomic mass is 127. The van der Waals surface area contributed by atoms with Crippen LogP contribution in [0.1, 0.15) is 11.1 Å². The Labute approximate surface area is 226 Å². The molecule has 0 aliphatic carbocycles. The normalized spacial score (nSPS) is 15.1. The summed E-state index contributed by atoms with van der Waals surface area (Å²) < 4.78 is 9.48. The van der Waals surface area contributed by atoms with Crippen LogP contribution in [0.25, 0.3) is 6.08 Å². The highest BCUT2D eigenvalue weighted by Crippen LogP contribution is 2.38. The van der Waals surface area contributed by atoms with Gasteiger partial charge in [-0.2, -0.15) is 0 Å². The van der Waals surface area contributed by atoms with Crippen molar-refractivity contribution in [2.24, 2.45) is 0 Å².